The summed E-state index contributed by atoms with van der Waals surface area (Å²) in [6.45, 7) is 0. The lowest BCUT2D eigenvalue weighted by molar-refractivity contribution is -0.113. The summed E-state index contributed by atoms with van der Waals surface area (Å²) in [6, 6.07) is 19.9. The van der Waals surface area contributed by atoms with E-state index in [1.807, 2.05) is 42.5 Å². The molecule has 0 bridgehead atoms. The number of rotatable bonds is 5. The van der Waals surface area contributed by atoms with Crippen LogP contribution in [0.1, 0.15) is 0 Å². The summed E-state index contributed by atoms with van der Waals surface area (Å²) in [5.41, 5.74) is 0.953. The molecule has 1 heterocycles. The van der Waals surface area contributed by atoms with Crippen LogP contribution in [-0.4, -0.2) is 21.9 Å². The Balaban J connectivity index is 1.41. The number of halogens is 1. The lowest BCUT2D eigenvalue weighted by Gasteiger charge is -2.04. The minimum Gasteiger partial charge on any atom is -0.411 e. The third-order valence-corrected chi connectivity index (χ3v) is 4.70. The molecule has 3 aromatic carbocycles. The van der Waals surface area contributed by atoms with Crippen molar-refractivity contribution in [2.45, 2.75) is 5.22 Å². The highest BCUT2D eigenvalue weighted by atomic mass is 32.2. The van der Waals surface area contributed by atoms with Gasteiger partial charge < -0.3 is 9.73 Å². The molecule has 0 saturated heterocycles. The predicted molar refractivity (Wildman–Crippen MR) is 103 cm³/mol. The lowest BCUT2D eigenvalue weighted by atomic mass is 10.1. The highest BCUT2D eigenvalue weighted by Gasteiger charge is 2.12. The van der Waals surface area contributed by atoms with Gasteiger partial charge >= 0.3 is 0 Å². The molecule has 0 saturated carbocycles. The molecule has 4 rings (SSSR count). The van der Waals surface area contributed by atoms with Gasteiger partial charge in [0.2, 0.25) is 11.8 Å². The monoisotopic (exact) mass is 379 g/mol. The summed E-state index contributed by atoms with van der Waals surface area (Å²) in [7, 11) is 0. The normalized spacial score (nSPS) is 10.9. The fourth-order valence-corrected chi connectivity index (χ4v) is 3.15. The Morgan fingerprint density at radius 2 is 1.78 bits per heavy atom. The van der Waals surface area contributed by atoms with E-state index < -0.39 is 5.82 Å². The number of amides is 1. The molecule has 0 unspecified atom stereocenters. The minimum atomic E-state index is -0.479. The zero-order valence-electron chi connectivity index (χ0n) is 14.1. The van der Waals surface area contributed by atoms with E-state index >= 15 is 0 Å². The molecule has 0 atom stereocenters. The van der Waals surface area contributed by atoms with Crippen molar-refractivity contribution in [1.82, 2.24) is 10.2 Å². The maximum Gasteiger partial charge on any atom is 0.277 e. The molecule has 0 spiro atoms. The van der Waals surface area contributed by atoms with Gasteiger partial charge in [-0.25, -0.2) is 4.39 Å². The highest BCUT2D eigenvalue weighted by molar-refractivity contribution is 7.99. The molecular formula is C20H14FN3O2S. The number of hydrogen-bond donors (Lipinski definition) is 1. The molecule has 1 aromatic heterocycles. The van der Waals surface area contributed by atoms with Crippen LogP contribution >= 0.6 is 11.8 Å². The number of nitrogens with zero attached hydrogens (tertiary/aromatic N) is 2. The van der Waals surface area contributed by atoms with Crippen molar-refractivity contribution in [3.05, 3.63) is 72.5 Å². The van der Waals surface area contributed by atoms with E-state index in [0.717, 1.165) is 28.1 Å². The van der Waals surface area contributed by atoms with Gasteiger partial charge in [0.05, 0.1) is 11.4 Å². The molecule has 0 aliphatic heterocycles. The van der Waals surface area contributed by atoms with Crippen molar-refractivity contribution in [2.75, 3.05) is 11.1 Å². The fraction of sp³-hybridized carbons (Fsp3) is 0.0500. The van der Waals surface area contributed by atoms with Crippen LogP contribution in [-0.2, 0) is 4.79 Å². The number of nitrogens with one attached hydrogen (secondary N) is 1. The molecule has 0 radical (unpaired) electrons. The number of para-hydroxylation sites is 1. The number of anilines is 1. The number of thioether (sulfide) groups is 1. The fourth-order valence-electron chi connectivity index (χ4n) is 2.58. The van der Waals surface area contributed by atoms with Crippen LogP contribution in [0.3, 0.4) is 0 Å². The van der Waals surface area contributed by atoms with Crippen LogP contribution in [0, 0.1) is 5.82 Å². The van der Waals surface area contributed by atoms with Crippen LogP contribution < -0.4 is 5.32 Å². The van der Waals surface area contributed by atoms with Crippen LogP contribution in [0.15, 0.2) is 76.4 Å². The maximum atomic E-state index is 13.6. The molecule has 1 N–H and O–H groups in total. The average molecular weight is 379 g/mol. The second-order valence-corrected chi connectivity index (χ2v) is 6.68. The van der Waals surface area contributed by atoms with Crippen LogP contribution in [0.5, 0.6) is 0 Å². The van der Waals surface area contributed by atoms with Crippen molar-refractivity contribution in [1.29, 1.82) is 0 Å². The summed E-state index contributed by atoms with van der Waals surface area (Å²) in [4.78, 5) is 12.0. The minimum absolute atomic E-state index is 0.0354. The molecule has 0 fully saturated rings. The second-order valence-electron chi connectivity index (χ2n) is 5.75. The van der Waals surface area contributed by atoms with E-state index in [1.54, 1.807) is 12.1 Å². The first-order chi connectivity index (χ1) is 13.2. The first-order valence-electron chi connectivity index (χ1n) is 8.19. The number of aromatic nitrogens is 2. The Bertz CT molecular complexity index is 1110. The summed E-state index contributed by atoms with van der Waals surface area (Å²) in [5.74, 6) is -0.409. The Hall–Kier alpha value is -3.19. The van der Waals surface area contributed by atoms with E-state index in [0.29, 0.717) is 5.89 Å². The first kappa shape index (κ1) is 17.2. The van der Waals surface area contributed by atoms with Gasteiger partial charge in [-0.05, 0) is 35.0 Å². The maximum absolute atomic E-state index is 13.6. The van der Waals surface area contributed by atoms with E-state index in [-0.39, 0.29) is 22.6 Å². The third kappa shape index (κ3) is 3.98. The Morgan fingerprint density at radius 1 is 1.00 bits per heavy atom. The zero-order chi connectivity index (χ0) is 18.6. The van der Waals surface area contributed by atoms with Gasteiger partial charge in [0, 0.05) is 5.56 Å². The van der Waals surface area contributed by atoms with E-state index in [2.05, 4.69) is 15.5 Å². The van der Waals surface area contributed by atoms with Gasteiger partial charge in [0.15, 0.2) is 0 Å². The van der Waals surface area contributed by atoms with Gasteiger partial charge in [-0.3, -0.25) is 4.79 Å². The van der Waals surface area contributed by atoms with Crippen molar-refractivity contribution >= 4 is 34.1 Å². The average Bonchev–Trinajstić information content (AvgIpc) is 3.17. The molecule has 4 aromatic rings. The Kier molecular flexibility index (Phi) is 4.84. The molecule has 7 heteroatoms. The van der Waals surface area contributed by atoms with Gasteiger partial charge in [-0.2, -0.15) is 0 Å². The van der Waals surface area contributed by atoms with Crippen LogP contribution in [0.2, 0.25) is 0 Å². The lowest BCUT2D eigenvalue weighted by Crippen LogP contribution is -2.14. The van der Waals surface area contributed by atoms with E-state index in [9.17, 15) is 9.18 Å². The highest BCUT2D eigenvalue weighted by Crippen LogP contribution is 2.26. The SMILES string of the molecule is O=C(CSc1nnc(-c2ccc3ccccc3c2)o1)Nc1ccccc1F. The van der Waals surface area contributed by atoms with E-state index in [4.69, 9.17) is 4.42 Å². The van der Waals surface area contributed by atoms with Gasteiger partial charge in [-0.15, -0.1) is 10.2 Å². The second kappa shape index (κ2) is 7.59. The summed E-state index contributed by atoms with van der Waals surface area (Å²) in [6.07, 6.45) is 0. The summed E-state index contributed by atoms with van der Waals surface area (Å²) in [5, 5.41) is 13.0. The molecule has 0 aliphatic rings. The van der Waals surface area contributed by atoms with E-state index in [1.165, 1.54) is 12.1 Å². The zero-order valence-corrected chi connectivity index (χ0v) is 14.9. The summed E-state index contributed by atoms with van der Waals surface area (Å²) >= 11 is 1.10. The smallest absolute Gasteiger partial charge is 0.277 e. The van der Waals surface area contributed by atoms with Gasteiger partial charge in [-0.1, -0.05) is 54.2 Å². The molecule has 27 heavy (non-hydrogen) atoms. The first-order valence-corrected chi connectivity index (χ1v) is 9.17. The molecule has 134 valence electrons. The largest absolute Gasteiger partial charge is 0.411 e. The Morgan fingerprint density at radius 3 is 2.63 bits per heavy atom. The van der Waals surface area contributed by atoms with Crippen molar-refractivity contribution in [2.24, 2.45) is 0 Å². The van der Waals surface area contributed by atoms with Crippen molar-refractivity contribution in [3.63, 3.8) is 0 Å². The third-order valence-electron chi connectivity index (χ3n) is 3.88. The standard InChI is InChI=1S/C20H14FN3O2S/c21-16-7-3-4-8-17(16)22-18(25)12-27-20-24-23-19(26-20)15-10-9-13-5-1-2-6-14(13)11-15/h1-11H,12H2,(H,22,25). The number of carbonyl (C=O) groups is 1. The van der Waals surface area contributed by atoms with Crippen LogP contribution in [0.4, 0.5) is 10.1 Å². The van der Waals surface area contributed by atoms with Crippen molar-refractivity contribution < 1.29 is 13.6 Å². The van der Waals surface area contributed by atoms with Gasteiger partial charge in [0.1, 0.15) is 5.82 Å². The quantitative estimate of drug-likeness (QED) is 0.506. The Labute approximate surface area is 158 Å². The van der Waals surface area contributed by atoms with Gasteiger partial charge in [0.25, 0.3) is 5.22 Å². The topological polar surface area (TPSA) is 68.0 Å². The number of hydrogen-bond acceptors (Lipinski definition) is 5. The molecule has 0 aliphatic carbocycles. The molecule has 1 amide bonds. The predicted octanol–water partition coefficient (Wildman–Crippen LogP) is 4.76. The molecular weight excluding hydrogens is 365 g/mol. The number of carbonyl (C=O) groups excluding carboxylic acids is 1. The molecule has 5 nitrogen and oxygen atoms in total. The van der Waals surface area contributed by atoms with Crippen molar-refractivity contribution in [3.8, 4) is 11.5 Å². The van der Waals surface area contributed by atoms with Crippen LogP contribution in [0.25, 0.3) is 22.2 Å². The number of fused-ring (bicyclic) bond motifs is 1. The summed E-state index contributed by atoms with van der Waals surface area (Å²) < 4.78 is 19.2. The number of benzene rings is 3.